The van der Waals surface area contributed by atoms with E-state index in [-0.39, 0.29) is 0 Å². The second-order valence-corrected chi connectivity index (χ2v) is 9.41. The minimum absolute atomic E-state index is 0.487. The van der Waals surface area contributed by atoms with Gasteiger partial charge in [-0.25, -0.2) is 0 Å². The van der Waals surface area contributed by atoms with E-state index in [1.807, 2.05) is 0 Å². The summed E-state index contributed by atoms with van der Waals surface area (Å²) in [6.07, 6.45) is 12.8. The summed E-state index contributed by atoms with van der Waals surface area (Å²) in [5.74, 6) is 0. The summed E-state index contributed by atoms with van der Waals surface area (Å²) in [7, 11) is 0. The van der Waals surface area contributed by atoms with Gasteiger partial charge < -0.3 is 5.32 Å². The molecule has 0 aromatic rings. The van der Waals surface area contributed by atoms with Gasteiger partial charge in [0.1, 0.15) is 0 Å². The molecule has 0 aromatic carbocycles. The fourth-order valence-corrected chi connectivity index (χ4v) is 7.21. The van der Waals surface area contributed by atoms with Crippen molar-refractivity contribution in [3.63, 3.8) is 0 Å². The van der Waals surface area contributed by atoms with E-state index in [4.69, 9.17) is 0 Å². The minimum atomic E-state index is 0.487. The number of hydrogen-bond acceptors (Lipinski definition) is 1. The quantitative estimate of drug-likeness (QED) is 0.695. The maximum absolute atomic E-state index is 4.04. The third kappa shape index (κ3) is 2.48. The Balaban J connectivity index is 1.75. The molecule has 19 heavy (non-hydrogen) atoms. The Morgan fingerprint density at radius 2 is 1.21 bits per heavy atom. The first-order valence-corrected chi connectivity index (χ1v) is 8.55. The van der Waals surface area contributed by atoms with Crippen molar-refractivity contribution in [3.05, 3.63) is 0 Å². The molecule has 1 N–H and O–H groups in total. The normalized spacial score (nSPS) is 51.8. The van der Waals surface area contributed by atoms with E-state index < -0.39 is 0 Å². The van der Waals surface area contributed by atoms with Gasteiger partial charge in [-0.3, -0.25) is 0 Å². The van der Waals surface area contributed by atoms with Crippen LogP contribution in [0, 0.1) is 16.2 Å². The zero-order valence-corrected chi connectivity index (χ0v) is 13.6. The zero-order chi connectivity index (χ0) is 13.8. The SMILES string of the molecule is CCCCCNC12CC3(C)CC(C)(CC(C)(C3)C1)C2. The van der Waals surface area contributed by atoms with Crippen molar-refractivity contribution < 1.29 is 0 Å². The summed E-state index contributed by atoms with van der Waals surface area (Å²) in [4.78, 5) is 0. The molecule has 4 aliphatic rings. The van der Waals surface area contributed by atoms with Gasteiger partial charge in [-0.2, -0.15) is 0 Å². The molecule has 1 heteroatoms. The molecule has 0 unspecified atom stereocenters. The smallest absolute Gasteiger partial charge is 0.0197 e. The van der Waals surface area contributed by atoms with Crippen molar-refractivity contribution in [1.82, 2.24) is 5.32 Å². The van der Waals surface area contributed by atoms with E-state index >= 15 is 0 Å². The molecule has 0 aromatic heterocycles. The lowest BCUT2D eigenvalue weighted by atomic mass is 9.38. The monoisotopic (exact) mass is 263 g/mol. The molecular formula is C18H33N. The van der Waals surface area contributed by atoms with Gasteiger partial charge in [0.2, 0.25) is 0 Å². The van der Waals surface area contributed by atoms with E-state index in [9.17, 15) is 0 Å². The summed E-state index contributed by atoms with van der Waals surface area (Å²) in [5.41, 5.74) is 2.35. The Hall–Kier alpha value is -0.0400. The minimum Gasteiger partial charge on any atom is -0.311 e. The summed E-state index contributed by atoms with van der Waals surface area (Å²) in [6.45, 7) is 11.3. The lowest BCUT2D eigenvalue weighted by Crippen LogP contribution is -2.66. The lowest BCUT2D eigenvalue weighted by molar-refractivity contribution is -0.158. The van der Waals surface area contributed by atoms with Gasteiger partial charge in [-0.05, 0) is 67.7 Å². The molecule has 0 spiro atoms. The van der Waals surface area contributed by atoms with Gasteiger partial charge >= 0.3 is 0 Å². The summed E-state index contributed by atoms with van der Waals surface area (Å²) in [5, 5.41) is 4.04. The molecule has 1 nitrogen and oxygen atoms in total. The Kier molecular flexibility index (Phi) is 3.10. The molecule has 4 fully saturated rings. The Labute approximate surface area is 119 Å². The molecule has 0 amide bonds. The highest BCUT2D eigenvalue weighted by Gasteiger charge is 2.63. The lowest BCUT2D eigenvalue weighted by Gasteiger charge is -2.69. The van der Waals surface area contributed by atoms with Crippen LogP contribution in [0.3, 0.4) is 0 Å². The standard InChI is InChI=1S/C18H33N/c1-5-6-7-8-19-18-12-15(2)9-16(3,13-18)11-17(4,10-15)14-18/h19H,5-14H2,1-4H3. The van der Waals surface area contributed by atoms with Crippen LogP contribution in [-0.2, 0) is 0 Å². The number of hydrogen-bond donors (Lipinski definition) is 1. The zero-order valence-electron chi connectivity index (χ0n) is 13.6. The van der Waals surface area contributed by atoms with Crippen LogP contribution in [0.5, 0.6) is 0 Å². The second-order valence-electron chi connectivity index (χ2n) is 9.41. The highest BCUT2D eigenvalue weighted by molar-refractivity contribution is 5.17. The van der Waals surface area contributed by atoms with Gasteiger partial charge in [0.05, 0.1) is 0 Å². The van der Waals surface area contributed by atoms with Crippen molar-refractivity contribution in [2.45, 2.75) is 91.0 Å². The topological polar surface area (TPSA) is 12.0 Å². The first-order chi connectivity index (χ1) is 8.80. The highest BCUT2D eigenvalue weighted by atomic mass is 15.0. The third-order valence-corrected chi connectivity index (χ3v) is 6.14. The fraction of sp³-hybridized carbons (Fsp3) is 1.00. The van der Waals surface area contributed by atoms with Crippen LogP contribution < -0.4 is 5.32 Å². The third-order valence-electron chi connectivity index (χ3n) is 6.14. The number of unbranched alkanes of at least 4 members (excludes halogenated alkanes) is 2. The van der Waals surface area contributed by atoms with Crippen molar-refractivity contribution in [1.29, 1.82) is 0 Å². The summed E-state index contributed by atoms with van der Waals surface area (Å²) in [6, 6.07) is 0. The van der Waals surface area contributed by atoms with E-state index in [0.29, 0.717) is 21.8 Å². The Morgan fingerprint density at radius 1 is 0.737 bits per heavy atom. The second kappa shape index (κ2) is 4.23. The first kappa shape index (κ1) is 13.9. The van der Waals surface area contributed by atoms with E-state index in [0.717, 1.165) is 0 Å². The number of rotatable bonds is 5. The van der Waals surface area contributed by atoms with Crippen LogP contribution in [0.4, 0.5) is 0 Å². The van der Waals surface area contributed by atoms with Crippen molar-refractivity contribution in [2.24, 2.45) is 16.2 Å². The average Bonchev–Trinajstić information content (AvgIpc) is 2.17. The van der Waals surface area contributed by atoms with Crippen LogP contribution >= 0.6 is 0 Å². The van der Waals surface area contributed by atoms with Crippen molar-refractivity contribution in [3.8, 4) is 0 Å². The largest absolute Gasteiger partial charge is 0.311 e. The van der Waals surface area contributed by atoms with Crippen LogP contribution in [0.15, 0.2) is 0 Å². The van der Waals surface area contributed by atoms with Crippen molar-refractivity contribution >= 4 is 0 Å². The molecule has 0 radical (unpaired) electrons. The molecule has 0 heterocycles. The summed E-state index contributed by atoms with van der Waals surface area (Å²) >= 11 is 0. The molecule has 0 saturated heterocycles. The number of nitrogens with one attached hydrogen (secondary N) is 1. The van der Waals surface area contributed by atoms with Crippen LogP contribution in [0.2, 0.25) is 0 Å². The maximum Gasteiger partial charge on any atom is 0.0197 e. The predicted molar refractivity (Wildman–Crippen MR) is 82.3 cm³/mol. The van der Waals surface area contributed by atoms with E-state index in [2.05, 4.69) is 33.0 Å². The maximum atomic E-state index is 4.04. The molecule has 110 valence electrons. The molecular weight excluding hydrogens is 230 g/mol. The molecule has 4 saturated carbocycles. The van der Waals surface area contributed by atoms with Gasteiger partial charge in [-0.15, -0.1) is 0 Å². The van der Waals surface area contributed by atoms with E-state index in [1.54, 1.807) is 0 Å². The van der Waals surface area contributed by atoms with Gasteiger partial charge in [-0.1, -0.05) is 40.5 Å². The van der Waals surface area contributed by atoms with Crippen LogP contribution in [0.25, 0.3) is 0 Å². The molecule has 0 aliphatic heterocycles. The van der Waals surface area contributed by atoms with Crippen LogP contribution in [0.1, 0.15) is 85.5 Å². The average molecular weight is 263 g/mol. The predicted octanol–water partition coefficient (Wildman–Crippen LogP) is 4.91. The Bertz CT molecular complexity index is 305. The summed E-state index contributed by atoms with van der Waals surface area (Å²) < 4.78 is 0. The fourth-order valence-electron chi connectivity index (χ4n) is 7.21. The highest BCUT2D eigenvalue weighted by Crippen LogP contribution is 2.70. The molecule has 4 aliphatic carbocycles. The van der Waals surface area contributed by atoms with Gasteiger partial charge in [0.15, 0.2) is 0 Å². The van der Waals surface area contributed by atoms with Gasteiger partial charge in [0.25, 0.3) is 0 Å². The van der Waals surface area contributed by atoms with Crippen LogP contribution in [-0.4, -0.2) is 12.1 Å². The van der Waals surface area contributed by atoms with Gasteiger partial charge in [0, 0.05) is 5.54 Å². The molecule has 4 bridgehead atoms. The Morgan fingerprint density at radius 3 is 1.63 bits per heavy atom. The van der Waals surface area contributed by atoms with E-state index in [1.165, 1.54) is 64.3 Å². The molecule has 0 atom stereocenters. The van der Waals surface area contributed by atoms with Crippen molar-refractivity contribution in [2.75, 3.05) is 6.54 Å². The molecule has 4 rings (SSSR count). The first-order valence-electron chi connectivity index (χ1n) is 8.55.